The normalized spacial score (nSPS) is 10.6. The van der Waals surface area contributed by atoms with Crippen molar-refractivity contribution in [2.24, 2.45) is 0 Å². The van der Waals surface area contributed by atoms with Crippen LogP contribution in [0.15, 0.2) is 58.1 Å². The summed E-state index contributed by atoms with van der Waals surface area (Å²) in [7, 11) is 3.16. The lowest BCUT2D eigenvalue weighted by Crippen LogP contribution is -2.28. The lowest BCUT2D eigenvalue weighted by atomic mass is 10.2. The van der Waals surface area contributed by atoms with E-state index in [0.717, 1.165) is 22.8 Å². The van der Waals surface area contributed by atoms with Crippen molar-refractivity contribution in [1.82, 2.24) is 8.52 Å². The van der Waals surface area contributed by atoms with E-state index in [-0.39, 0.29) is 17.1 Å². The molecule has 0 spiro atoms. The van der Waals surface area contributed by atoms with Crippen LogP contribution in [0.5, 0.6) is 11.5 Å². The molecule has 7 heteroatoms. The summed E-state index contributed by atoms with van der Waals surface area (Å²) in [4.78, 5) is 24.4. The minimum Gasteiger partial charge on any atom is -0.497 e. The first-order chi connectivity index (χ1) is 11.6. The number of nitrogens with zero attached hydrogens (tertiary/aromatic N) is 2. The van der Waals surface area contributed by atoms with E-state index in [4.69, 9.17) is 9.47 Å². The maximum absolute atomic E-state index is 12.6. The molecule has 0 unspecified atom stereocenters. The first-order valence-corrected chi connectivity index (χ1v) is 8.00. The maximum Gasteiger partial charge on any atom is 0.346 e. The minimum atomic E-state index is -0.356. The van der Waals surface area contributed by atoms with Crippen molar-refractivity contribution in [2.45, 2.75) is 6.54 Å². The van der Waals surface area contributed by atoms with Gasteiger partial charge in [0.25, 0.3) is 0 Å². The van der Waals surface area contributed by atoms with Gasteiger partial charge in [-0.25, -0.2) is 13.3 Å². The molecule has 1 aromatic heterocycles. The molecule has 0 aliphatic rings. The molecule has 124 valence electrons. The fourth-order valence-electron chi connectivity index (χ4n) is 2.28. The second-order valence-corrected chi connectivity index (χ2v) is 5.96. The summed E-state index contributed by atoms with van der Waals surface area (Å²) in [5.41, 5.74) is 1.14. The van der Waals surface area contributed by atoms with Crippen LogP contribution in [0.2, 0.25) is 0 Å². The van der Waals surface area contributed by atoms with Crippen LogP contribution in [0.25, 0.3) is 5.69 Å². The minimum absolute atomic E-state index is 0.224. The third-order valence-corrected chi connectivity index (χ3v) is 4.53. The fourth-order valence-corrected chi connectivity index (χ4v) is 3.08. The molecule has 3 rings (SSSR count). The Morgan fingerprint density at radius 2 is 1.42 bits per heavy atom. The summed E-state index contributed by atoms with van der Waals surface area (Å²) in [6, 6.07) is 14.3. The van der Waals surface area contributed by atoms with Crippen molar-refractivity contribution in [1.29, 1.82) is 0 Å². The van der Waals surface area contributed by atoms with E-state index < -0.39 is 0 Å². The molecule has 0 saturated heterocycles. The van der Waals surface area contributed by atoms with Crippen LogP contribution in [0.3, 0.4) is 0 Å². The van der Waals surface area contributed by atoms with Gasteiger partial charge in [0.15, 0.2) is 0 Å². The predicted molar refractivity (Wildman–Crippen MR) is 92.8 cm³/mol. The molecule has 1 heterocycles. The molecule has 0 aliphatic heterocycles. The highest BCUT2D eigenvalue weighted by Gasteiger charge is 2.12. The zero-order chi connectivity index (χ0) is 17.1. The third kappa shape index (κ3) is 3.11. The SMILES string of the molecule is COc1ccc(Cn2c(=O)sn(-c3ccc(OC)cc3)c2=O)cc1. The Morgan fingerprint density at radius 1 is 0.875 bits per heavy atom. The van der Waals surface area contributed by atoms with Crippen molar-refractivity contribution in [3.05, 3.63) is 74.2 Å². The van der Waals surface area contributed by atoms with Gasteiger partial charge in [-0.1, -0.05) is 12.1 Å². The van der Waals surface area contributed by atoms with Crippen molar-refractivity contribution < 1.29 is 9.47 Å². The average molecular weight is 344 g/mol. The van der Waals surface area contributed by atoms with Crippen LogP contribution >= 0.6 is 11.5 Å². The van der Waals surface area contributed by atoms with Gasteiger partial charge in [0, 0.05) is 11.5 Å². The highest BCUT2D eigenvalue weighted by molar-refractivity contribution is 7.03. The van der Waals surface area contributed by atoms with Gasteiger partial charge >= 0.3 is 10.6 Å². The Hall–Kier alpha value is -2.80. The number of ether oxygens (including phenoxy) is 2. The summed E-state index contributed by atoms with van der Waals surface area (Å²) in [6.45, 7) is 0.224. The topological polar surface area (TPSA) is 62.5 Å². The Kier molecular flexibility index (Phi) is 4.52. The van der Waals surface area contributed by atoms with Crippen LogP contribution < -0.4 is 20.0 Å². The van der Waals surface area contributed by atoms with E-state index in [1.165, 1.54) is 8.52 Å². The zero-order valence-electron chi connectivity index (χ0n) is 13.3. The van der Waals surface area contributed by atoms with Gasteiger partial charge in [0.1, 0.15) is 11.5 Å². The highest BCUT2D eigenvalue weighted by Crippen LogP contribution is 2.15. The molecular formula is C17H16N2O4S. The molecule has 24 heavy (non-hydrogen) atoms. The molecule has 6 nitrogen and oxygen atoms in total. The Labute approximate surface area is 142 Å². The number of aromatic nitrogens is 2. The standard InChI is InChI=1S/C17H16N2O4S/c1-22-14-7-3-12(4-8-14)11-18-16(20)19(24-17(18)21)13-5-9-15(23-2)10-6-13/h3-10H,11H2,1-2H3. The molecule has 3 aromatic rings. The van der Waals surface area contributed by atoms with E-state index in [1.54, 1.807) is 50.6 Å². The van der Waals surface area contributed by atoms with Gasteiger partial charge in [-0.15, -0.1) is 0 Å². The number of hydrogen-bond donors (Lipinski definition) is 0. The molecular weight excluding hydrogens is 328 g/mol. The van der Waals surface area contributed by atoms with Crippen molar-refractivity contribution >= 4 is 11.5 Å². The molecule has 0 aliphatic carbocycles. The van der Waals surface area contributed by atoms with Crippen molar-refractivity contribution in [3.8, 4) is 17.2 Å². The summed E-state index contributed by atoms with van der Waals surface area (Å²) in [6.07, 6.45) is 0. The lowest BCUT2D eigenvalue weighted by Gasteiger charge is -2.04. The van der Waals surface area contributed by atoms with Crippen LogP contribution in [0.4, 0.5) is 0 Å². The number of rotatable bonds is 5. The molecule has 0 atom stereocenters. The molecule has 0 fully saturated rings. The lowest BCUT2D eigenvalue weighted by molar-refractivity contribution is 0.414. The second-order valence-electron chi connectivity index (χ2n) is 5.07. The second kappa shape index (κ2) is 6.76. The molecule has 2 aromatic carbocycles. The van der Waals surface area contributed by atoms with Gasteiger partial charge in [-0.2, -0.15) is 0 Å². The summed E-state index contributed by atoms with van der Waals surface area (Å²) in [5.74, 6) is 1.42. The van der Waals surface area contributed by atoms with E-state index >= 15 is 0 Å². The van der Waals surface area contributed by atoms with Crippen LogP contribution in [-0.4, -0.2) is 22.7 Å². The first kappa shape index (κ1) is 16.1. The quantitative estimate of drug-likeness (QED) is 0.711. The van der Waals surface area contributed by atoms with Crippen LogP contribution in [0, 0.1) is 0 Å². The van der Waals surface area contributed by atoms with E-state index in [1.807, 2.05) is 12.1 Å². The molecule has 0 radical (unpaired) electrons. The highest BCUT2D eigenvalue weighted by atomic mass is 32.1. The van der Waals surface area contributed by atoms with Gasteiger partial charge < -0.3 is 9.47 Å². The zero-order valence-corrected chi connectivity index (χ0v) is 14.1. The van der Waals surface area contributed by atoms with E-state index in [9.17, 15) is 9.59 Å². The third-order valence-electron chi connectivity index (χ3n) is 3.60. The first-order valence-electron chi connectivity index (χ1n) is 7.23. The van der Waals surface area contributed by atoms with E-state index in [0.29, 0.717) is 11.4 Å². The van der Waals surface area contributed by atoms with Crippen molar-refractivity contribution in [2.75, 3.05) is 14.2 Å². The Balaban J connectivity index is 1.93. The molecule has 0 N–H and O–H groups in total. The monoisotopic (exact) mass is 344 g/mol. The molecule has 0 saturated carbocycles. The molecule has 0 amide bonds. The van der Waals surface area contributed by atoms with Crippen LogP contribution in [-0.2, 0) is 6.54 Å². The predicted octanol–water partition coefficient (Wildman–Crippen LogP) is 2.13. The van der Waals surface area contributed by atoms with Crippen molar-refractivity contribution in [3.63, 3.8) is 0 Å². The summed E-state index contributed by atoms with van der Waals surface area (Å²) >= 11 is 0.881. The maximum atomic E-state index is 12.6. The van der Waals surface area contributed by atoms with Gasteiger partial charge in [0.2, 0.25) is 0 Å². The number of benzene rings is 2. The smallest absolute Gasteiger partial charge is 0.346 e. The molecule has 0 bridgehead atoms. The Bertz CT molecular complexity index is 936. The number of hydrogen-bond acceptors (Lipinski definition) is 5. The summed E-state index contributed by atoms with van der Waals surface area (Å²) in [5, 5.41) is 0. The van der Waals surface area contributed by atoms with E-state index in [2.05, 4.69) is 0 Å². The Morgan fingerprint density at radius 3 is 1.96 bits per heavy atom. The average Bonchev–Trinajstić information content (AvgIpc) is 2.90. The summed E-state index contributed by atoms with van der Waals surface area (Å²) < 4.78 is 12.8. The number of methoxy groups -OCH3 is 2. The largest absolute Gasteiger partial charge is 0.497 e. The van der Waals surface area contributed by atoms with Crippen LogP contribution in [0.1, 0.15) is 5.56 Å². The van der Waals surface area contributed by atoms with Gasteiger partial charge in [-0.3, -0.25) is 4.79 Å². The van der Waals surface area contributed by atoms with Gasteiger partial charge in [-0.05, 0) is 42.0 Å². The van der Waals surface area contributed by atoms with Gasteiger partial charge in [0.05, 0.1) is 26.5 Å². The fraction of sp³-hybridized carbons (Fsp3) is 0.176.